The zero-order chi connectivity index (χ0) is 22.6. The van der Waals surface area contributed by atoms with Crippen molar-refractivity contribution < 1.29 is 18.7 Å². The average molecular weight is 441 g/mol. The summed E-state index contributed by atoms with van der Waals surface area (Å²) in [6.45, 7) is 26.5. The normalized spacial score (nSPS) is 29.1. The van der Waals surface area contributed by atoms with E-state index in [0.717, 1.165) is 11.1 Å². The quantitative estimate of drug-likeness (QED) is 0.322. The predicted octanol–water partition coefficient (Wildman–Crippen LogP) is 5.80. The molecule has 0 radical (unpaired) electrons. The largest absolute Gasteiger partial charge is 0.408 e. The molecule has 0 saturated carbocycles. The van der Waals surface area contributed by atoms with Crippen LogP contribution in [0.15, 0.2) is 23.3 Å². The van der Waals surface area contributed by atoms with Gasteiger partial charge in [-0.2, -0.15) is 0 Å². The first-order valence-corrected chi connectivity index (χ1v) is 16.7. The molecule has 1 aliphatic heterocycles. The van der Waals surface area contributed by atoms with E-state index in [0.29, 0.717) is 0 Å². The summed E-state index contributed by atoms with van der Waals surface area (Å²) in [7, 11) is -3.97. The molecule has 4 nitrogen and oxygen atoms in total. The van der Waals surface area contributed by atoms with E-state index in [-0.39, 0.29) is 34.5 Å². The SMILES string of the molecule is CC(C)=C[C@H](O)C1=C[C@@H](O[Si](C)(C)C(C)(C)C)[C@@H]2O[C@@H]2[C@@H]1O[Si](C)(C)C(C)(C)C. The van der Waals surface area contributed by atoms with Gasteiger partial charge in [0.1, 0.15) is 12.2 Å². The van der Waals surface area contributed by atoms with Crippen LogP contribution in [0.1, 0.15) is 55.4 Å². The maximum absolute atomic E-state index is 11.0. The molecule has 2 rings (SSSR count). The number of aliphatic hydroxyl groups excluding tert-OH is 1. The molecule has 0 unspecified atom stereocenters. The number of hydrogen-bond acceptors (Lipinski definition) is 4. The Bertz CT molecular complexity index is 663. The summed E-state index contributed by atoms with van der Waals surface area (Å²) in [4.78, 5) is 0. The zero-order valence-electron chi connectivity index (χ0n) is 20.7. The van der Waals surface area contributed by atoms with Crippen molar-refractivity contribution in [1.29, 1.82) is 0 Å². The number of hydrogen-bond donors (Lipinski definition) is 1. The van der Waals surface area contributed by atoms with Crippen LogP contribution in [0.3, 0.4) is 0 Å². The number of allylic oxidation sites excluding steroid dienone is 1. The topological polar surface area (TPSA) is 51.2 Å². The number of rotatable bonds is 6. The number of ether oxygens (including phenoxy) is 1. The zero-order valence-corrected chi connectivity index (χ0v) is 22.7. The van der Waals surface area contributed by atoms with Crippen molar-refractivity contribution in [3.05, 3.63) is 23.3 Å². The summed E-state index contributed by atoms with van der Waals surface area (Å²) in [6, 6.07) is 0. The van der Waals surface area contributed by atoms with Crippen molar-refractivity contribution in [3.63, 3.8) is 0 Å². The van der Waals surface area contributed by atoms with Gasteiger partial charge in [-0.05, 0) is 61.8 Å². The Morgan fingerprint density at radius 1 is 0.966 bits per heavy atom. The van der Waals surface area contributed by atoms with Gasteiger partial charge in [0.2, 0.25) is 0 Å². The third-order valence-corrected chi connectivity index (χ3v) is 16.1. The second kappa shape index (κ2) is 8.02. The van der Waals surface area contributed by atoms with Gasteiger partial charge in [-0.25, -0.2) is 0 Å². The molecule has 1 aliphatic carbocycles. The molecule has 29 heavy (non-hydrogen) atoms. The predicted molar refractivity (Wildman–Crippen MR) is 126 cm³/mol. The Balaban J connectivity index is 2.38. The van der Waals surface area contributed by atoms with Gasteiger partial charge < -0.3 is 18.7 Å². The van der Waals surface area contributed by atoms with E-state index in [9.17, 15) is 5.11 Å². The molecular weight excluding hydrogens is 396 g/mol. The van der Waals surface area contributed by atoms with Gasteiger partial charge in [0.25, 0.3) is 0 Å². The van der Waals surface area contributed by atoms with Crippen molar-refractivity contribution in [2.75, 3.05) is 0 Å². The van der Waals surface area contributed by atoms with Crippen LogP contribution in [0.25, 0.3) is 0 Å². The highest BCUT2D eigenvalue weighted by molar-refractivity contribution is 6.74. The molecule has 0 aromatic heterocycles. The lowest BCUT2D eigenvalue weighted by Crippen LogP contribution is -2.51. The highest BCUT2D eigenvalue weighted by atomic mass is 28.4. The third kappa shape index (κ3) is 5.52. The minimum Gasteiger partial charge on any atom is -0.408 e. The van der Waals surface area contributed by atoms with Crippen molar-refractivity contribution >= 4 is 16.6 Å². The lowest BCUT2D eigenvalue weighted by molar-refractivity contribution is 0.136. The molecule has 168 valence electrons. The Labute approximate surface area is 181 Å². The van der Waals surface area contributed by atoms with Crippen molar-refractivity contribution in [1.82, 2.24) is 0 Å². The molecule has 5 atom stereocenters. The van der Waals surface area contributed by atoms with E-state index in [1.165, 1.54) is 0 Å². The highest BCUT2D eigenvalue weighted by Gasteiger charge is 2.58. The molecule has 1 saturated heterocycles. The van der Waals surface area contributed by atoms with E-state index in [1.807, 2.05) is 19.9 Å². The highest BCUT2D eigenvalue weighted by Crippen LogP contribution is 2.47. The average Bonchev–Trinajstić information content (AvgIpc) is 3.26. The standard InChI is InChI=1S/C23H44O4Si2/c1-15(2)13-17(24)16-14-18(26-28(9,10)22(3,4)5)20-21(25-20)19(16)27-29(11,12)23(6,7)8/h13-14,17-21,24H,1-12H3/t17-,18+,19+,20-,21+/m0/s1. The fraction of sp³-hybridized carbons (Fsp3) is 0.826. The summed E-state index contributed by atoms with van der Waals surface area (Å²) >= 11 is 0. The first-order chi connectivity index (χ1) is 12.9. The summed E-state index contributed by atoms with van der Waals surface area (Å²) in [6.07, 6.45) is 3.02. The molecule has 0 amide bonds. The molecule has 0 aromatic rings. The summed E-state index contributed by atoms with van der Waals surface area (Å²) in [5.74, 6) is 0. The fourth-order valence-electron chi connectivity index (χ4n) is 3.14. The van der Waals surface area contributed by atoms with Gasteiger partial charge in [0.05, 0.1) is 18.3 Å². The van der Waals surface area contributed by atoms with E-state index in [4.69, 9.17) is 13.6 Å². The van der Waals surface area contributed by atoms with Gasteiger partial charge in [-0.1, -0.05) is 53.2 Å². The Morgan fingerprint density at radius 3 is 1.90 bits per heavy atom. The first kappa shape index (κ1) is 25.0. The third-order valence-electron chi connectivity index (χ3n) is 7.17. The Morgan fingerprint density at radius 2 is 1.45 bits per heavy atom. The van der Waals surface area contributed by atoms with E-state index in [2.05, 4.69) is 73.8 Å². The monoisotopic (exact) mass is 440 g/mol. The van der Waals surface area contributed by atoms with Gasteiger partial charge in [0.15, 0.2) is 16.6 Å². The second-order valence-corrected chi connectivity index (χ2v) is 21.6. The van der Waals surface area contributed by atoms with E-state index >= 15 is 0 Å². The minimum absolute atomic E-state index is 0.0286. The second-order valence-electron chi connectivity index (χ2n) is 12.1. The van der Waals surface area contributed by atoms with E-state index < -0.39 is 22.7 Å². The molecule has 2 aliphatic rings. The molecule has 6 heteroatoms. The Hall–Kier alpha value is -0.246. The van der Waals surface area contributed by atoms with Gasteiger partial charge in [-0.15, -0.1) is 0 Å². The number of epoxide rings is 1. The molecular formula is C23H44O4Si2. The molecule has 1 N–H and O–H groups in total. The maximum atomic E-state index is 11.0. The summed E-state index contributed by atoms with van der Waals surface area (Å²) in [5.41, 5.74) is 1.99. The molecule has 1 fully saturated rings. The fourth-order valence-corrected chi connectivity index (χ4v) is 5.63. The van der Waals surface area contributed by atoms with Crippen LogP contribution in [0.4, 0.5) is 0 Å². The van der Waals surface area contributed by atoms with Crippen LogP contribution >= 0.6 is 0 Å². The minimum atomic E-state index is -2.02. The van der Waals surface area contributed by atoms with Crippen LogP contribution in [0.5, 0.6) is 0 Å². The number of aliphatic hydroxyl groups is 1. The van der Waals surface area contributed by atoms with E-state index in [1.54, 1.807) is 0 Å². The van der Waals surface area contributed by atoms with Crippen LogP contribution in [0, 0.1) is 0 Å². The first-order valence-electron chi connectivity index (χ1n) is 10.9. The molecule has 0 spiro atoms. The van der Waals surface area contributed by atoms with Crippen LogP contribution in [-0.4, -0.2) is 52.3 Å². The molecule has 0 bridgehead atoms. The van der Waals surface area contributed by atoms with Crippen LogP contribution in [-0.2, 0) is 13.6 Å². The molecule has 1 heterocycles. The van der Waals surface area contributed by atoms with Gasteiger partial charge in [0, 0.05) is 0 Å². The lowest BCUT2D eigenvalue weighted by atomic mass is 9.90. The van der Waals surface area contributed by atoms with Crippen molar-refractivity contribution in [3.8, 4) is 0 Å². The maximum Gasteiger partial charge on any atom is 0.193 e. The van der Waals surface area contributed by atoms with Gasteiger partial charge >= 0.3 is 0 Å². The molecule has 0 aromatic carbocycles. The number of fused-ring (bicyclic) bond motifs is 1. The lowest BCUT2D eigenvalue weighted by Gasteiger charge is -2.42. The summed E-state index contributed by atoms with van der Waals surface area (Å²) in [5, 5.41) is 11.2. The Kier molecular flexibility index (Phi) is 6.92. The van der Waals surface area contributed by atoms with Crippen molar-refractivity contribution in [2.24, 2.45) is 0 Å². The van der Waals surface area contributed by atoms with Gasteiger partial charge in [-0.3, -0.25) is 0 Å². The van der Waals surface area contributed by atoms with Crippen LogP contribution in [0.2, 0.25) is 36.3 Å². The van der Waals surface area contributed by atoms with Crippen LogP contribution < -0.4 is 0 Å². The summed E-state index contributed by atoms with van der Waals surface area (Å²) < 4.78 is 19.6. The van der Waals surface area contributed by atoms with Crippen molar-refractivity contribution in [2.45, 2.75) is 122 Å². The smallest absolute Gasteiger partial charge is 0.193 e.